The van der Waals surface area contributed by atoms with Crippen LogP contribution >= 0.6 is 0 Å². The van der Waals surface area contributed by atoms with E-state index in [9.17, 15) is 13.2 Å². The van der Waals surface area contributed by atoms with E-state index >= 15 is 0 Å². The van der Waals surface area contributed by atoms with Gasteiger partial charge in [-0.25, -0.2) is 9.44 Å². The first-order valence-corrected chi connectivity index (χ1v) is 7.28. The van der Waals surface area contributed by atoms with Crippen LogP contribution in [0.2, 0.25) is 0 Å². The summed E-state index contributed by atoms with van der Waals surface area (Å²) in [5.74, 6) is -0.550. The molecule has 0 aliphatic heterocycles. The molecule has 0 rings (SSSR count). The van der Waals surface area contributed by atoms with Gasteiger partial charge in [-0.1, -0.05) is 20.3 Å². The van der Waals surface area contributed by atoms with Crippen LogP contribution in [0, 0.1) is 5.92 Å². The molecular formula is C10H22N2O4S. The summed E-state index contributed by atoms with van der Waals surface area (Å²) in [4.78, 5) is 10.2. The SMILES string of the molecule is CC(C)CNS(=O)(=O)NCCCCCC(=O)O. The Kier molecular flexibility index (Phi) is 8.11. The van der Waals surface area contributed by atoms with Crippen molar-refractivity contribution in [3.05, 3.63) is 0 Å². The van der Waals surface area contributed by atoms with Crippen LogP contribution < -0.4 is 9.44 Å². The number of hydrogen-bond acceptors (Lipinski definition) is 3. The largest absolute Gasteiger partial charge is 0.481 e. The Bertz CT molecular complexity index is 314. The summed E-state index contributed by atoms with van der Waals surface area (Å²) in [6.07, 6.45) is 2.07. The molecule has 102 valence electrons. The summed E-state index contributed by atoms with van der Waals surface area (Å²) in [5, 5.41) is 8.40. The van der Waals surface area contributed by atoms with E-state index in [0.717, 1.165) is 0 Å². The highest BCUT2D eigenvalue weighted by molar-refractivity contribution is 7.87. The Balaban J connectivity index is 3.56. The molecule has 0 aliphatic rings. The Hall–Kier alpha value is -0.660. The Morgan fingerprint density at radius 2 is 1.82 bits per heavy atom. The van der Waals surface area contributed by atoms with E-state index in [1.54, 1.807) is 0 Å². The van der Waals surface area contributed by atoms with Crippen molar-refractivity contribution in [2.24, 2.45) is 5.92 Å². The molecule has 0 aromatic rings. The van der Waals surface area contributed by atoms with Crippen molar-refractivity contribution in [2.45, 2.75) is 39.5 Å². The van der Waals surface area contributed by atoms with Crippen LogP contribution in [0.3, 0.4) is 0 Å². The van der Waals surface area contributed by atoms with E-state index in [2.05, 4.69) is 9.44 Å². The molecule has 0 atom stereocenters. The fourth-order valence-corrected chi connectivity index (χ4v) is 2.18. The highest BCUT2D eigenvalue weighted by Gasteiger charge is 2.08. The highest BCUT2D eigenvalue weighted by atomic mass is 32.2. The zero-order chi connectivity index (χ0) is 13.3. The van der Waals surface area contributed by atoms with Crippen molar-refractivity contribution >= 4 is 16.2 Å². The van der Waals surface area contributed by atoms with Gasteiger partial charge in [-0.2, -0.15) is 8.42 Å². The second-order valence-corrected chi connectivity index (χ2v) is 5.93. The molecule has 0 heterocycles. The fourth-order valence-electron chi connectivity index (χ4n) is 1.11. The number of aliphatic carboxylic acids is 1. The normalized spacial score (nSPS) is 11.9. The minimum Gasteiger partial charge on any atom is -0.481 e. The smallest absolute Gasteiger partial charge is 0.303 e. The van der Waals surface area contributed by atoms with Gasteiger partial charge < -0.3 is 5.11 Å². The van der Waals surface area contributed by atoms with Crippen LogP contribution in [0.25, 0.3) is 0 Å². The van der Waals surface area contributed by atoms with Crippen LogP contribution in [0.1, 0.15) is 39.5 Å². The fraction of sp³-hybridized carbons (Fsp3) is 0.900. The van der Waals surface area contributed by atoms with Gasteiger partial charge >= 0.3 is 5.97 Å². The number of nitrogens with one attached hydrogen (secondary N) is 2. The summed E-state index contributed by atoms with van der Waals surface area (Å²) >= 11 is 0. The first-order chi connectivity index (χ1) is 7.83. The molecule has 0 unspecified atom stereocenters. The molecule has 17 heavy (non-hydrogen) atoms. The minimum absolute atomic E-state index is 0.137. The monoisotopic (exact) mass is 266 g/mol. The van der Waals surface area contributed by atoms with Gasteiger partial charge in [-0.05, 0) is 18.8 Å². The van der Waals surface area contributed by atoms with Crippen LogP contribution in [0.15, 0.2) is 0 Å². The molecule has 0 spiro atoms. The lowest BCUT2D eigenvalue weighted by atomic mass is 10.2. The summed E-state index contributed by atoms with van der Waals surface area (Å²) in [7, 11) is -3.40. The molecule has 0 bridgehead atoms. The number of hydrogen-bond donors (Lipinski definition) is 3. The third-order valence-corrected chi connectivity index (χ3v) is 3.17. The quantitative estimate of drug-likeness (QED) is 0.507. The summed E-state index contributed by atoms with van der Waals surface area (Å²) in [6, 6.07) is 0. The molecular weight excluding hydrogens is 244 g/mol. The lowest BCUT2D eigenvalue weighted by molar-refractivity contribution is -0.137. The van der Waals surface area contributed by atoms with E-state index in [4.69, 9.17) is 5.11 Å². The van der Waals surface area contributed by atoms with E-state index < -0.39 is 16.2 Å². The van der Waals surface area contributed by atoms with Crippen LogP contribution in [-0.2, 0) is 15.0 Å². The van der Waals surface area contributed by atoms with Crippen LogP contribution in [-0.4, -0.2) is 32.6 Å². The molecule has 0 aromatic carbocycles. The van der Waals surface area contributed by atoms with E-state index in [0.29, 0.717) is 32.4 Å². The molecule has 0 fully saturated rings. The predicted molar refractivity (Wildman–Crippen MR) is 65.9 cm³/mol. The van der Waals surface area contributed by atoms with E-state index in [1.165, 1.54) is 0 Å². The molecule has 0 aromatic heterocycles. The maximum atomic E-state index is 11.4. The van der Waals surface area contributed by atoms with Crippen molar-refractivity contribution < 1.29 is 18.3 Å². The Labute approximate surface area is 103 Å². The third kappa shape index (κ3) is 11.6. The van der Waals surface area contributed by atoms with Crippen molar-refractivity contribution in [1.29, 1.82) is 0 Å². The summed E-state index contributed by atoms with van der Waals surface area (Å²) in [6.45, 7) is 4.60. The molecule has 0 saturated heterocycles. The summed E-state index contributed by atoms with van der Waals surface area (Å²) < 4.78 is 27.6. The van der Waals surface area contributed by atoms with Gasteiger partial charge in [0.25, 0.3) is 10.2 Å². The average molecular weight is 266 g/mol. The predicted octanol–water partition coefficient (Wildman–Crippen LogP) is 0.711. The average Bonchev–Trinajstić information content (AvgIpc) is 2.20. The van der Waals surface area contributed by atoms with Gasteiger partial charge in [0.05, 0.1) is 0 Å². The zero-order valence-electron chi connectivity index (χ0n) is 10.4. The molecule has 0 saturated carbocycles. The molecule has 0 aliphatic carbocycles. The zero-order valence-corrected chi connectivity index (χ0v) is 11.2. The number of carboxylic acids is 1. The highest BCUT2D eigenvalue weighted by Crippen LogP contribution is 1.99. The standard InChI is InChI=1S/C10H22N2O4S/c1-9(2)8-12-17(15,16)11-7-5-3-4-6-10(13)14/h9,11-12H,3-8H2,1-2H3,(H,13,14). The number of carboxylic acid groups (broad SMARTS) is 1. The maximum Gasteiger partial charge on any atom is 0.303 e. The van der Waals surface area contributed by atoms with E-state index in [-0.39, 0.29) is 12.3 Å². The topological polar surface area (TPSA) is 95.5 Å². The number of carbonyl (C=O) groups is 1. The second kappa shape index (κ2) is 8.43. The van der Waals surface area contributed by atoms with Crippen molar-refractivity contribution in [3.63, 3.8) is 0 Å². The molecule has 6 nitrogen and oxygen atoms in total. The Morgan fingerprint density at radius 1 is 1.18 bits per heavy atom. The van der Waals surface area contributed by atoms with Crippen molar-refractivity contribution in [2.75, 3.05) is 13.1 Å². The van der Waals surface area contributed by atoms with Gasteiger partial charge in [0, 0.05) is 19.5 Å². The first kappa shape index (κ1) is 16.3. The molecule has 7 heteroatoms. The van der Waals surface area contributed by atoms with Gasteiger partial charge in [-0.15, -0.1) is 0 Å². The molecule has 0 amide bonds. The Morgan fingerprint density at radius 3 is 2.35 bits per heavy atom. The van der Waals surface area contributed by atoms with Crippen molar-refractivity contribution in [3.8, 4) is 0 Å². The first-order valence-electron chi connectivity index (χ1n) is 5.79. The van der Waals surface area contributed by atoms with Crippen molar-refractivity contribution in [1.82, 2.24) is 9.44 Å². The third-order valence-electron chi connectivity index (χ3n) is 2.04. The second-order valence-electron chi connectivity index (χ2n) is 4.34. The van der Waals surface area contributed by atoms with Gasteiger partial charge in [0.2, 0.25) is 0 Å². The van der Waals surface area contributed by atoms with Gasteiger partial charge in [0.1, 0.15) is 0 Å². The van der Waals surface area contributed by atoms with Crippen LogP contribution in [0.4, 0.5) is 0 Å². The van der Waals surface area contributed by atoms with Gasteiger partial charge in [0.15, 0.2) is 0 Å². The lowest BCUT2D eigenvalue weighted by Gasteiger charge is -2.09. The van der Waals surface area contributed by atoms with Gasteiger partial charge in [-0.3, -0.25) is 4.79 Å². The number of unbranched alkanes of at least 4 members (excludes halogenated alkanes) is 2. The van der Waals surface area contributed by atoms with Crippen LogP contribution in [0.5, 0.6) is 0 Å². The minimum atomic E-state index is -3.40. The number of rotatable bonds is 10. The maximum absolute atomic E-state index is 11.4. The molecule has 3 N–H and O–H groups in total. The summed E-state index contributed by atoms with van der Waals surface area (Å²) in [5.41, 5.74) is 0. The van der Waals surface area contributed by atoms with E-state index in [1.807, 2.05) is 13.8 Å². The lowest BCUT2D eigenvalue weighted by Crippen LogP contribution is -2.38. The molecule has 0 radical (unpaired) electrons.